The van der Waals surface area contributed by atoms with Gasteiger partial charge in [-0.2, -0.15) is 0 Å². The van der Waals surface area contributed by atoms with Crippen molar-refractivity contribution >= 4 is 23.5 Å². The maximum absolute atomic E-state index is 13.7. The molecule has 9 nitrogen and oxygen atoms in total. The molecule has 0 bridgehead atoms. The number of ether oxygens (including phenoxy) is 1. The minimum atomic E-state index is -1.33. The number of aromatic nitrogens is 1. The number of amides is 1. The molecule has 0 atom stereocenters. The third-order valence-corrected chi connectivity index (χ3v) is 6.46. The molecule has 0 radical (unpaired) electrons. The van der Waals surface area contributed by atoms with Gasteiger partial charge in [-0.1, -0.05) is 68.4 Å². The summed E-state index contributed by atoms with van der Waals surface area (Å²) in [5.41, 5.74) is 8.16. The summed E-state index contributed by atoms with van der Waals surface area (Å²) in [5.74, 6) is -1.51. The lowest BCUT2D eigenvalue weighted by molar-refractivity contribution is 0.0691. The fraction of sp³-hybridized carbons (Fsp3) is 0.182. The van der Waals surface area contributed by atoms with Gasteiger partial charge < -0.3 is 20.9 Å². The average molecular weight is 565 g/mol. The number of hydrogen-bond acceptors (Lipinski definition) is 6. The molecule has 0 aliphatic rings. The number of nitrogen functional groups attached to an aromatic ring is 1. The summed E-state index contributed by atoms with van der Waals surface area (Å²) in [6, 6.07) is 24.2. The molecule has 0 saturated carbocycles. The zero-order valence-electron chi connectivity index (χ0n) is 23.4. The summed E-state index contributed by atoms with van der Waals surface area (Å²) >= 11 is 0. The molecule has 214 valence electrons. The quantitative estimate of drug-likeness (QED) is 0.106. The Balaban J connectivity index is 1.72. The molecule has 0 aliphatic heterocycles. The lowest BCUT2D eigenvalue weighted by Crippen LogP contribution is -2.28. The Morgan fingerprint density at radius 2 is 1.62 bits per heavy atom. The molecule has 3 aromatic carbocycles. The highest BCUT2D eigenvalue weighted by Gasteiger charge is 2.22. The van der Waals surface area contributed by atoms with Crippen molar-refractivity contribution in [2.24, 2.45) is 11.7 Å². The minimum Gasteiger partial charge on any atom is -0.489 e. The largest absolute Gasteiger partial charge is 0.489 e. The topological polar surface area (TPSA) is 155 Å². The summed E-state index contributed by atoms with van der Waals surface area (Å²) in [5, 5.41) is 20.3. The molecule has 1 aromatic heterocycles. The van der Waals surface area contributed by atoms with Crippen LogP contribution >= 0.6 is 0 Å². The van der Waals surface area contributed by atoms with Gasteiger partial charge in [0.05, 0.1) is 0 Å². The SMILES string of the molecule is CC(C)CNC(=O)c1ccc(-c2ccc(OCc3ccccc3)cc2C(=O)Cc2ccc(C(=N)N)cc2)c(C(=O)O)n1. The van der Waals surface area contributed by atoms with Crippen LogP contribution in [0.4, 0.5) is 0 Å². The second kappa shape index (κ2) is 13.4. The van der Waals surface area contributed by atoms with Crippen molar-refractivity contribution in [3.05, 3.63) is 119 Å². The van der Waals surface area contributed by atoms with Gasteiger partial charge in [0.1, 0.15) is 23.9 Å². The molecule has 0 fully saturated rings. The number of carboxylic acid groups (broad SMARTS) is 1. The molecule has 0 saturated heterocycles. The molecule has 0 unspecified atom stereocenters. The molecule has 9 heteroatoms. The Kier molecular flexibility index (Phi) is 9.44. The van der Waals surface area contributed by atoms with Gasteiger partial charge in [0.25, 0.3) is 5.91 Å². The fourth-order valence-electron chi connectivity index (χ4n) is 4.26. The van der Waals surface area contributed by atoms with Crippen LogP contribution in [-0.2, 0) is 13.0 Å². The van der Waals surface area contributed by atoms with Crippen LogP contribution in [0.5, 0.6) is 5.75 Å². The fourth-order valence-corrected chi connectivity index (χ4v) is 4.26. The molecule has 0 aliphatic carbocycles. The van der Waals surface area contributed by atoms with E-state index < -0.39 is 11.9 Å². The van der Waals surface area contributed by atoms with Gasteiger partial charge in [-0.05, 0) is 52.9 Å². The van der Waals surface area contributed by atoms with E-state index in [2.05, 4.69) is 10.3 Å². The van der Waals surface area contributed by atoms with E-state index in [1.54, 1.807) is 42.5 Å². The van der Waals surface area contributed by atoms with Gasteiger partial charge in [0.2, 0.25) is 0 Å². The van der Waals surface area contributed by atoms with Crippen LogP contribution in [0, 0.1) is 11.3 Å². The van der Waals surface area contributed by atoms with Crippen molar-refractivity contribution < 1.29 is 24.2 Å². The number of ketones is 1. The number of amidine groups is 1. The van der Waals surface area contributed by atoms with E-state index in [1.807, 2.05) is 44.2 Å². The third kappa shape index (κ3) is 7.45. The van der Waals surface area contributed by atoms with Crippen LogP contribution in [0.2, 0.25) is 0 Å². The van der Waals surface area contributed by atoms with Gasteiger partial charge >= 0.3 is 5.97 Å². The number of nitrogens with one attached hydrogen (secondary N) is 2. The zero-order chi connectivity index (χ0) is 30.2. The van der Waals surface area contributed by atoms with Crippen LogP contribution in [0.3, 0.4) is 0 Å². The van der Waals surface area contributed by atoms with Gasteiger partial charge in [0.15, 0.2) is 11.5 Å². The van der Waals surface area contributed by atoms with Crippen LogP contribution in [-0.4, -0.2) is 40.1 Å². The predicted octanol–water partition coefficient (Wildman–Crippen LogP) is 5.12. The lowest BCUT2D eigenvalue weighted by atomic mass is 9.92. The van der Waals surface area contributed by atoms with E-state index >= 15 is 0 Å². The van der Waals surface area contributed by atoms with Crippen molar-refractivity contribution in [2.75, 3.05) is 6.54 Å². The van der Waals surface area contributed by atoms with Crippen molar-refractivity contribution in [2.45, 2.75) is 26.9 Å². The molecular formula is C33H32N4O5. The van der Waals surface area contributed by atoms with Crippen molar-refractivity contribution in [1.29, 1.82) is 5.41 Å². The molecule has 5 N–H and O–H groups in total. The summed E-state index contributed by atoms with van der Waals surface area (Å²) in [7, 11) is 0. The molecule has 0 spiro atoms. The maximum Gasteiger partial charge on any atom is 0.355 e. The van der Waals surface area contributed by atoms with E-state index in [0.29, 0.717) is 29.0 Å². The predicted molar refractivity (Wildman–Crippen MR) is 160 cm³/mol. The number of nitrogens with zero attached hydrogens (tertiary/aromatic N) is 1. The number of pyridine rings is 1. The monoisotopic (exact) mass is 564 g/mol. The molecule has 4 aromatic rings. The number of carbonyl (C=O) groups is 3. The Hall–Kier alpha value is -5.31. The number of nitrogens with two attached hydrogens (primary N) is 1. The molecule has 42 heavy (non-hydrogen) atoms. The number of Topliss-reactive ketones (excluding diaryl/α,β-unsaturated/α-hetero) is 1. The number of carbonyl (C=O) groups excluding carboxylic acids is 2. The first-order valence-electron chi connectivity index (χ1n) is 13.4. The molecule has 1 heterocycles. The minimum absolute atomic E-state index is 0.0127. The number of rotatable bonds is 12. The van der Waals surface area contributed by atoms with Crippen molar-refractivity contribution in [1.82, 2.24) is 10.3 Å². The first-order chi connectivity index (χ1) is 20.1. The summed E-state index contributed by atoms with van der Waals surface area (Å²) in [6.45, 7) is 4.59. The molecular weight excluding hydrogens is 532 g/mol. The Morgan fingerprint density at radius 3 is 2.26 bits per heavy atom. The maximum atomic E-state index is 13.7. The van der Waals surface area contributed by atoms with E-state index in [4.69, 9.17) is 15.9 Å². The second-order valence-electron chi connectivity index (χ2n) is 10.2. The Morgan fingerprint density at radius 1 is 0.929 bits per heavy atom. The number of aromatic carboxylic acids is 1. The highest BCUT2D eigenvalue weighted by molar-refractivity contribution is 6.06. The van der Waals surface area contributed by atoms with Crippen LogP contribution < -0.4 is 15.8 Å². The summed E-state index contributed by atoms with van der Waals surface area (Å²) in [4.78, 5) is 42.7. The average Bonchev–Trinajstić information content (AvgIpc) is 2.99. The molecule has 4 rings (SSSR count). The van der Waals surface area contributed by atoms with E-state index in [1.165, 1.54) is 12.1 Å². The van der Waals surface area contributed by atoms with Crippen LogP contribution in [0.25, 0.3) is 11.1 Å². The highest BCUT2D eigenvalue weighted by Crippen LogP contribution is 2.31. The van der Waals surface area contributed by atoms with Gasteiger partial charge in [-0.25, -0.2) is 9.78 Å². The van der Waals surface area contributed by atoms with Crippen molar-refractivity contribution in [3.8, 4) is 16.9 Å². The van der Waals surface area contributed by atoms with E-state index in [0.717, 1.165) is 5.56 Å². The second-order valence-corrected chi connectivity index (χ2v) is 10.2. The van der Waals surface area contributed by atoms with Crippen LogP contribution in [0.1, 0.15) is 61.9 Å². The van der Waals surface area contributed by atoms with Crippen LogP contribution in [0.15, 0.2) is 84.9 Å². The zero-order valence-corrected chi connectivity index (χ0v) is 23.4. The summed E-state index contributed by atoms with van der Waals surface area (Å²) < 4.78 is 5.97. The highest BCUT2D eigenvalue weighted by atomic mass is 16.5. The smallest absolute Gasteiger partial charge is 0.355 e. The van der Waals surface area contributed by atoms with E-state index in [9.17, 15) is 19.5 Å². The van der Waals surface area contributed by atoms with Gasteiger partial charge in [0, 0.05) is 29.7 Å². The number of benzene rings is 3. The Labute approximate surface area is 243 Å². The number of carboxylic acids is 1. The van der Waals surface area contributed by atoms with Gasteiger partial charge in [-0.15, -0.1) is 0 Å². The van der Waals surface area contributed by atoms with Gasteiger partial charge in [-0.3, -0.25) is 15.0 Å². The van der Waals surface area contributed by atoms with E-state index in [-0.39, 0.29) is 53.1 Å². The lowest BCUT2D eigenvalue weighted by Gasteiger charge is -2.15. The first kappa shape index (κ1) is 29.7. The normalized spacial score (nSPS) is 10.7. The van der Waals surface area contributed by atoms with Crippen molar-refractivity contribution in [3.63, 3.8) is 0 Å². The summed E-state index contributed by atoms with van der Waals surface area (Å²) in [6.07, 6.45) is 0.0127. The standard InChI is InChI=1S/C33H32N4O5/c1-20(2)18-36-32(39)28-15-14-26(30(37-28)33(40)41)25-13-12-24(42-19-22-6-4-3-5-7-22)17-27(25)29(38)16-21-8-10-23(11-9-21)31(34)35/h3-15,17,20H,16,18-19H2,1-2H3,(H3,34,35)(H,36,39)(H,40,41). The Bertz CT molecular complexity index is 1620. The third-order valence-electron chi connectivity index (χ3n) is 6.46. The first-order valence-corrected chi connectivity index (χ1v) is 13.4. The number of hydrogen-bond donors (Lipinski definition) is 4. The molecule has 1 amide bonds.